The second-order valence-corrected chi connectivity index (χ2v) is 1.55. The molecule has 0 bridgehead atoms. The van der Waals surface area contributed by atoms with Crippen molar-refractivity contribution in [2.24, 2.45) is 0 Å². The molecule has 0 rings (SSSR count). The Hall–Kier alpha value is 0.0249. The van der Waals surface area contributed by atoms with E-state index in [2.05, 4.69) is 19.1 Å². The van der Waals surface area contributed by atoms with Crippen molar-refractivity contribution in [3.05, 3.63) is 0 Å². The molecule has 0 aromatic rings. The summed E-state index contributed by atoms with van der Waals surface area (Å²) in [5.74, 6) is 0. The fourth-order valence-electron chi connectivity index (χ4n) is 0.365. The van der Waals surface area contributed by atoms with Crippen LogP contribution in [0.4, 0.5) is 0 Å². The van der Waals surface area contributed by atoms with Crippen LogP contribution in [0.15, 0.2) is 0 Å². The Morgan fingerprint density at radius 1 is 1.50 bits per heavy atom. The number of hydrogen-bond acceptors (Lipinski definition) is 1. The van der Waals surface area contributed by atoms with Crippen LogP contribution in [-0.4, -0.2) is 26.3 Å². The van der Waals surface area contributed by atoms with Crippen molar-refractivity contribution in [1.29, 1.82) is 0 Å². The molecule has 2 heteroatoms. The van der Waals surface area contributed by atoms with E-state index in [4.69, 9.17) is 0 Å². The Morgan fingerprint density at radius 3 is 2.00 bits per heavy atom. The van der Waals surface area contributed by atoms with Gasteiger partial charge in [0.05, 0.1) is 0 Å². The third kappa shape index (κ3) is 4.02. The highest BCUT2D eigenvalue weighted by molar-refractivity contribution is 6.31. The van der Waals surface area contributed by atoms with E-state index in [9.17, 15) is 0 Å². The van der Waals surface area contributed by atoms with Gasteiger partial charge in [-0.2, -0.15) is 0 Å². The average Bonchev–Trinajstić information content (AvgIpc) is 1.35. The van der Waals surface area contributed by atoms with Gasteiger partial charge in [-0.05, 0) is 14.1 Å². The van der Waals surface area contributed by atoms with Gasteiger partial charge in [0.15, 0.2) is 0 Å². The molecule has 0 aliphatic rings. The van der Waals surface area contributed by atoms with E-state index in [0.29, 0.717) is 0 Å². The van der Waals surface area contributed by atoms with E-state index in [1.165, 1.54) is 0 Å². The molecule has 0 aromatic heterocycles. The van der Waals surface area contributed by atoms with Crippen LogP contribution in [-0.2, 0) is 0 Å². The van der Waals surface area contributed by atoms with E-state index in [1.54, 1.807) is 0 Å². The second kappa shape index (κ2) is 3.22. The zero-order valence-corrected chi connectivity index (χ0v) is 4.73. The summed E-state index contributed by atoms with van der Waals surface area (Å²) >= 11 is 0. The zero-order valence-electron chi connectivity index (χ0n) is 4.73. The minimum atomic E-state index is 1.13. The summed E-state index contributed by atoms with van der Waals surface area (Å²) in [4.78, 5) is 2.06. The van der Waals surface area contributed by atoms with Gasteiger partial charge in [-0.15, -0.1) is 0 Å². The molecule has 0 aliphatic heterocycles. The molecule has 0 amide bonds. The summed E-state index contributed by atoms with van der Waals surface area (Å²) in [7, 11) is 6.19. The third-order valence-corrected chi connectivity index (χ3v) is 0.548. The van der Waals surface area contributed by atoms with Crippen molar-refractivity contribution in [3.63, 3.8) is 0 Å². The zero-order chi connectivity index (χ0) is 4.99. The van der Waals surface area contributed by atoms with Crippen LogP contribution in [0.2, 0.25) is 6.32 Å². The first-order valence-electron chi connectivity index (χ1n) is 2.27. The maximum absolute atomic E-state index is 2.12. The van der Waals surface area contributed by atoms with E-state index in [-0.39, 0.29) is 0 Å². The predicted molar refractivity (Wildman–Crippen MR) is 29.9 cm³/mol. The first-order chi connectivity index (χ1) is 2.77. The lowest BCUT2D eigenvalue weighted by molar-refractivity contribution is 0.659. The Morgan fingerprint density at radius 2 is 2.00 bits per heavy atom. The van der Waals surface area contributed by atoms with Gasteiger partial charge in [-0.25, -0.2) is 0 Å². The van der Waals surface area contributed by atoms with Crippen LogP contribution in [0.3, 0.4) is 0 Å². The quantitative estimate of drug-likeness (QED) is 0.443. The van der Waals surface area contributed by atoms with Gasteiger partial charge >= 0.3 is 0 Å². The van der Waals surface area contributed by atoms with Gasteiger partial charge in [-0.1, -0.05) is 13.2 Å². The van der Waals surface area contributed by atoms with E-state index < -0.39 is 0 Å². The SMILES string of the molecule is CC[B]N(C)C. The van der Waals surface area contributed by atoms with Gasteiger partial charge in [0.2, 0.25) is 7.41 Å². The normalized spacial score (nSPS) is 9.33. The van der Waals surface area contributed by atoms with Gasteiger partial charge in [0.1, 0.15) is 0 Å². The lowest BCUT2D eigenvalue weighted by Gasteiger charge is -2.01. The molecule has 0 saturated heterocycles. The van der Waals surface area contributed by atoms with Crippen LogP contribution < -0.4 is 0 Å². The monoisotopic (exact) mass is 84.1 g/mol. The third-order valence-electron chi connectivity index (χ3n) is 0.548. The molecule has 6 heavy (non-hydrogen) atoms. The molecular formula is C4H11BN. The smallest absolute Gasteiger partial charge is 0.207 e. The van der Waals surface area contributed by atoms with E-state index in [0.717, 1.165) is 6.32 Å². The molecule has 1 nitrogen and oxygen atoms in total. The average molecular weight is 84.0 g/mol. The van der Waals surface area contributed by atoms with Crippen molar-refractivity contribution in [2.45, 2.75) is 13.2 Å². The molecule has 0 saturated carbocycles. The van der Waals surface area contributed by atoms with E-state index in [1.807, 2.05) is 14.1 Å². The van der Waals surface area contributed by atoms with Gasteiger partial charge in [0, 0.05) is 0 Å². The summed E-state index contributed by atoms with van der Waals surface area (Å²) in [5, 5.41) is 0. The summed E-state index contributed by atoms with van der Waals surface area (Å²) in [5.41, 5.74) is 0. The van der Waals surface area contributed by atoms with Crippen molar-refractivity contribution < 1.29 is 0 Å². The minimum absolute atomic E-state index is 1.13. The maximum Gasteiger partial charge on any atom is 0.207 e. The van der Waals surface area contributed by atoms with Crippen molar-refractivity contribution in [1.82, 2.24) is 4.81 Å². The summed E-state index contributed by atoms with van der Waals surface area (Å²) in [6.45, 7) is 2.12. The Kier molecular flexibility index (Phi) is 3.24. The summed E-state index contributed by atoms with van der Waals surface area (Å²) in [6.07, 6.45) is 1.13. The fourth-order valence-corrected chi connectivity index (χ4v) is 0.365. The molecule has 0 heterocycles. The predicted octanol–water partition coefficient (Wildman–Crippen LogP) is 0.605. The van der Waals surface area contributed by atoms with Crippen molar-refractivity contribution >= 4 is 7.41 Å². The molecule has 0 spiro atoms. The van der Waals surface area contributed by atoms with Crippen molar-refractivity contribution in [3.8, 4) is 0 Å². The summed E-state index contributed by atoms with van der Waals surface area (Å²) < 4.78 is 0. The van der Waals surface area contributed by atoms with E-state index >= 15 is 0 Å². The molecular weight excluding hydrogens is 72.9 g/mol. The Labute approximate surface area is 40.6 Å². The van der Waals surface area contributed by atoms with Crippen molar-refractivity contribution in [2.75, 3.05) is 14.1 Å². The highest BCUT2D eigenvalue weighted by Gasteiger charge is 1.84. The fraction of sp³-hybridized carbons (Fsp3) is 1.00. The highest BCUT2D eigenvalue weighted by Crippen LogP contribution is 1.73. The molecule has 0 aliphatic carbocycles. The topological polar surface area (TPSA) is 3.24 Å². The second-order valence-electron chi connectivity index (χ2n) is 1.55. The van der Waals surface area contributed by atoms with Crippen LogP contribution in [0.1, 0.15) is 6.92 Å². The van der Waals surface area contributed by atoms with Crippen LogP contribution in [0.5, 0.6) is 0 Å². The number of rotatable bonds is 2. The molecule has 0 N–H and O–H groups in total. The van der Waals surface area contributed by atoms with Gasteiger partial charge in [-0.3, -0.25) is 0 Å². The maximum atomic E-state index is 2.12. The largest absolute Gasteiger partial charge is 0.352 e. The molecule has 0 unspecified atom stereocenters. The number of nitrogens with zero attached hydrogens (tertiary/aromatic N) is 1. The first-order valence-corrected chi connectivity index (χ1v) is 2.27. The molecule has 0 atom stereocenters. The standard InChI is InChI=1S/C4H11BN/c1-4-5-6(2)3/h4H2,1-3H3. The summed E-state index contributed by atoms with van der Waals surface area (Å²) in [6, 6.07) is 0. The van der Waals surface area contributed by atoms with Crippen LogP contribution >= 0.6 is 0 Å². The number of hydrogen-bond donors (Lipinski definition) is 0. The first kappa shape index (κ1) is 6.02. The molecule has 35 valence electrons. The molecule has 0 fully saturated rings. The molecule has 0 aromatic carbocycles. The van der Waals surface area contributed by atoms with Crippen LogP contribution in [0, 0.1) is 0 Å². The highest BCUT2D eigenvalue weighted by atomic mass is 15.0. The van der Waals surface area contributed by atoms with Crippen LogP contribution in [0.25, 0.3) is 0 Å². The Bertz CT molecular complexity index is 28.7. The van der Waals surface area contributed by atoms with Gasteiger partial charge in [0.25, 0.3) is 0 Å². The Balaban J connectivity index is 2.63. The van der Waals surface area contributed by atoms with Gasteiger partial charge < -0.3 is 4.81 Å². The lowest BCUT2D eigenvalue weighted by atomic mass is 9.89. The lowest BCUT2D eigenvalue weighted by Crippen LogP contribution is -2.15. The minimum Gasteiger partial charge on any atom is -0.352 e. The molecule has 1 radical (unpaired) electrons.